The lowest BCUT2D eigenvalue weighted by molar-refractivity contribution is -0.385. The van der Waals surface area contributed by atoms with Gasteiger partial charge in [-0.3, -0.25) is 20.2 Å². The number of aromatic nitrogens is 2. The Bertz CT molecular complexity index is 956. The van der Waals surface area contributed by atoms with Gasteiger partial charge in [0.05, 0.1) is 20.4 Å². The lowest BCUT2D eigenvalue weighted by Crippen LogP contribution is -1.90. The molecule has 9 nitrogen and oxygen atoms in total. The van der Waals surface area contributed by atoms with Crippen LogP contribution < -0.4 is 0 Å². The molecule has 10 heteroatoms. The molecular formula is C14H7ClN4O5. The Morgan fingerprint density at radius 2 is 1.71 bits per heavy atom. The summed E-state index contributed by atoms with van der Waals surface area (Å²) in [5.41, 5.74) is 0.285. The van der Waals surface area contributed by atoms with Crippen LogP contribution in [0, 0.1) is 20.2 Å². The van der Waals surface area contributed by atoms with Crippen LogP contribution in [0.2, 0.25) is 5.02 Å². The smallest absolute Gasteiger partial charge is 0.270 e. The summed E-state index contributed by atoms with van der Waals surface area (Å²) >= 11 is 6.02. The third-order valence-corrected chi connectivity index (χ3v) is 3.46. The van der Waals surface area contributed by atoms with Crippen LogP contribution in [-0.2, 0) is 0 Å². The van der Waals surface area contributed by atoms with Gasteiger partial charge in [-0.1, -0.05) is 28.9 Å². The Hall–Kier alpha value is -3.33. The van der Waals surface area contributed by atoms with E-state index in [0.717, 1.165) is 0 Å². The molecule has 3 rings (SSSR count). The molecule has 0 fully saturated rings. The molecule has 2 aromatic carbocycles. The molecule has 24 heavy (non-hydrogen) atoms. The van der Waals surface area contributed by atoms with Crippen molar-refractivity contribution in [3.8, 4) is 22.8 Å². The Morgan fingerprint density at radius 3 is 2.42 bits per heavy atom. The molecule has 120 valence electrons. The number of non-ortho nitro benzene ring substituents is 2. The average Bonchev–Trinajstić information content (AvgIpc) is 3.05. The fourth-order valence-electron chi connectivity index (χ4n) is 2.00. The Labute approximate surface area is 138 Å². The van der Waals surface area contributed by atoms with E-state index >= 15 is 0 Å². The van der Waals surface area contributed by atoms with Gasteiger partial charge in [-0.05, 0) is 6.07 Å². The lowest BCUT2D eigenvalue weighted by Gasteiger charge is -1.98. The topological polar surface area (TPSA) is 125 Å². The quantitative estimate of drug-likeness (QED) is 0.518. The molecule has 0 atom stereocenters. The fraction of sp³-hybridized carbons (Fsp3) is 0. The predicted molar refractivity (Wildman–Crippen MR) is 83.5 cm³/mol. The number of benzene rings is 2. The van der Waals surface area contributed by atoms with Gasteiger partial charge in [-0.2, -0.15) is 4.98 Å². The molecule has 0 spiro atoms. The third-order valence-electron chi connectivity index (χ3n) is 3.13. The van der Waals surface area contributed by atoms with Gasteiger partial charge in [-0.25, -0.2) is 0 Å². The van der Waals surface area contributed by atoms with Crippen LogP contribution in [0.3, 0.4) is 0 Å². The van der Waals surface area contributed by atoms with E-state index in [1.165, 1.54) is 36.4 Å². The van der Waals surface area contributed by atoms with Crippen LogP contribution in [0.5, 0.6) is 0 Å². The van der Waals surface area contributed by atoms with Gasteiger partial charge in [0.1, 0.15) is 0 Å². The highest BCUT2D eigenvalue weighted by molar-refractivity contribution is 6.33. The summed E-state index contributed by atoms with van der Waals surface area (Å²) in [7, 11) is 0. The van der Waals surface area contributed by atoms with Gasteiger partial charge in [0.25, 0.3) is 17.3 Å². The van der Waals surface area contributed by atoms with Crippen molar-refractivity contribution in [2.45, 2.75) is 0 Å². The fourth-order valence-corrected chi connectivity index (χ4v) is 2.20. The maximum Gasteiger partial charge on any atom is 0.270 e. The van der Waals surface area contributed by atoms with Gasteiger partial charge >= 0.3 is 0 Å². The van der Waals surface area contributed by atoms with Crippen LogP contribution in [0.1, 0.15) is 0 Å². The van der Waals surface area contributed by atoms with E-state index < -0.39 is 9.85 Å². The monoisotopic (exact) mass is 346 g/mol. The van der Waals surface area contributed by atoms with Crippen LogP contribution in [0.15, 0.2) is 47.0 Å². The van der Waals surface area contributed by atoms with Crippen molar-refractivity contribution in [2.75, 3.05) is 0 Å². The number of nitro benzene ring substituents is 2. The minimum absolute atomic E-state index is 0.0230. The summed E-state index contributed by atoms with van der Waals surface area (Å²) < 4.78 is 5.08. The third kappa shape index (κ3) is 2.92. The number of hydrogen-bond acceptors (Lipinski definition) is 7. The lowest BCUT2D eigenvalue weighted by atomic mass is 10.2. The molecule has 0 saturated carbocycles. The molecule has 1 aromatic heterocycles. The Kier molecular flexibility index (Phi) is 3.92. The number of halogens is 1. The minimum atomic E-state index is -0.572. The average molecular weight is 347 g/mol. The van der Waals surface area contributed by atoms with Crippen molar-refractivity contribution >= 4 is 23.0 Å². The molecule has 0 amide bonds. The molecule has 0 radical (unpaired) electrons. The number of nitro groups is 2. The zero-order chi connectivity index (χ0) is 17.3. The maximum atomic E-state index is 10.9. The molecular weight excluding hydrogens is 340 g/mol. The zero-order valence-corrected chi connectivity index (χ0v) is 12.5. The largest absolute Gasteiger partial charge is 0.334 e. The second kappa shape index (κ2) is 6.05. The Balaban J connectivity index is 2.03. The van der Waals surface area contributed by atoms with E-state index in [1.54, 1.807) is 6.07 Å². The van der Waals surface area contributed by atoms with E-state index in [-0.39, 0.29) is 33.7 Å². The first kappa shape index (κ1) is 15.6. The van der Waals surface area contributed by atoms with E-state index in [2.05, 4.69) is 10.1 Å². The second-order valence-corrected chi connectivity index (χ2v) is 5.06. The molecule has 0 bridgehead atoms. The molecule has 0 aliphatic rings. The number of rotatable bonds is 4. The van der Waals surface area contributed by atoms with Gasteiger partial charge in [-0.15, -0.1) is 0 Å². The van der Waals surface area contributed by atoms with Crippen molar-refractivity contribution in [3.63, 3.8) is 0 Å². The van der Waals surface area contributed by atoms with E-state index in [4.69, 9.17) is 16.1 Å². The highest BCUT2D eigenvalue weighted by atomic mass is 35.5. The summed E-state index contributed by atoms with van der Waals surface area (Å²) in [6.45, 7) is 0. The summed E-state index contributed by atoms with van der Waals surface area (Å²) in [5, 5.41) is 25.6. The first-order valence-electron chi connectivity index (χ1n) is 6.48. The molecule has 1 heterocycles. The number of nitrogens with zero attached hydrogens (tertiary/aromatic N) is 4. The second-order valence-electron chi connectivity index (χ2n) is 4.65. The molecule has 0 aliphatic heterocycles. The van der Waals surface area contributed by atoms with Crippen LogP contribution in [-0.4, -0.2) is 20.0 Å². The normalized spacial score (nSPS) is 10.5. The highest BCUT2D eigenvalue weighted by Gasteiger charge is 2.18. The maximum absolute atomic E-state index is 10.9. The first-order valence-corrected chi connectivity index (χ1v) is 6.86. The van der Waals surface area contributed by atoms with Gasteiger partial charge < -0.3 is 4.52 Å². The van der Waals surface area contributed by atoms with Crippen molar-refractivity contribution in [3.05, 3.63) is 67.7 Å². The first-order chi connectivity index (χ1) is 11.5. The van der Waals surface area contributed by atoms with Crippen molar-refractivity contribution < 1.29 is 14.4 Å². The van der Waals surface area contributed by atoms with Crippen molar-refractivity contribution in [1.29, 1.82) is 0 Å². The predicted octanol–water partition coefficient (Wildman–Crippen LogP) is 3.87. The SMILES string of the molecule is O=[N+]([O-])c1cccc(-c2noc(-c3cc([N+](=O)[O-])ccc3Cl)n2)c1. The van der Waals surface area contributed by atoms with E-state index in [1.807, 2.05) is 0 Å². The molecule has 0 aliphatic carbocycles. The summed E-state index contributed by atoms with van der Waals surface area (Å²) in [6, 6.07) is 9.52. The summed E-state index contributed by atoms with van der Waals surface area (Å²) in [6.07, 6.45) is 0. The van der Waals surface area contributed by atoms with Gasteiger partial charge in [0.2, 0.25) is 5.82 Å². The van der Waals surface area contributed by atoms with Crippen LogP contribution >= 0.6 is 11.6 Å². The molecule has 0 unspecified atom stereocenters. The van der Waals surface area contributed by atoms with E-state index in [9.17, 15) is 20.2 Å². The molecule has 3 aromatic rings. The highest BCUT2D eigenvalue weighted by Crippen LogP contribution is 2.32. The summed E-state index contributed by atoms with van der Waals surface area (Å²) in [5.74, 6) is 0.0847. The zero-order valence-electron chi connectivity index (χ0n) is 11.7. The Morgan fingerprint density at radius 1 is 1.00 bits per heavy atom. The van der Waals surface area contributed by atoms with Crippen molar-refractivity contribution in [1.82, 2.24) is 10.1 Å². The van der Waals surface area contributed by atoms with Crippen molar-refractivity contribution in [2.24, 2.45) is 0 Å². The minimum Gasteiger partial charge on any atom is -0.334 e. The number of hydrogen-bond donors (Lipinski definition) is 0. The van der Waals surface area contributed by atoms with Crippen LogP contribution in [0.4, 0.5) is 11.4 Å². The van der Waals surface area contributed by atoms with E-state index in [0.29, 0.717) is 5.56 Å². The summed E-state index contributed by atoms with van der Waals surface area (Å²) in [4.78, 5) is 24.7. The van der Waals surface area contributed by atoms with Gasteiger partial charge in [0, 0.05) is 29.8 Å². The van der Waals surface area contributed by atoms with Crippen LogP contribution in [0.25, 0.3) is 22.8 Å². The molecule has 0 N–H and O–H groups in total. The standard InChI is InChI=1S/C14H7ClN4O5/c15-12-5-4-10(19(22)23)7-11(12)14-16-13(17-24-14)8-2-1-3-9(6-8)18(20)21/h1-7H. The van der Waals surface area contributed by atoms with Gasteiger partial charge in [0.15, 0.2) is 0 Å². The molecule has 0 saturated heterocycles.